The Morgan fingerprint density at radius 1 is 1.17 bits per heavy atom. The molecule has 2 bridgehead atoms. The molecule has 154 valence electrons. The highest BCUT2D eigenvalue weighted by molar-refractivity contribution is 7.89. The quantitative estimate of drug-likeness (QED) is 0.771. The zero-order valence-electron chi connectivity index (χ0n) is 16.6. The van der Waals surface area contributed by atoms with E-state index in [0.29, 0.717) is 24.6 Å². The van der Waals surface area contributed by atoms with Crippen molar-refractivity contribution in [1.82, 2.24) is 8.87 Å². The summed E-state index contributed by atoms with van der Waals surface area (Å²) in [5, 5.41) is 0. The maximum absolute atomic E-state index is 13.5. The Balaban J connectivity index is 1.52. The van der Waals surface area contributed by atoms with Crippen LogP contribution >= 0.6 is 0 Å². The van der Waals surface area contributed by atoms with Crippen LogP contribution in [0.3, 0.4) is 0 Å². The molecule has 0 unspecified atom stereocenters. The van der Waals surface area contributed by atoms with Crippen LogP contribution in [0.25, 0.3) is 0 Å². The minimum Gasteiger partial charge on any atom is -0.493 e. The van der Waals surface area contributed by atoms with Gasteiger partial charge in [0.2, 0.25) is 10.0 Å². The van der Waals surface area contributed by atoms with Crippen molar-refractivity contribution >= 4 is 10.0 Å². The van der Waals surface area contributed by atoms with E-state index in [0.717, 1.165) is 42.7 Å². The number of rotatable bonds is 4. The van der Waals surface area contributed by atoms with Crippen molar-refractivity contribution in [1.29, 1.82) is 0 Å². The van der Waals surface area contributed by atoms with Gasteiger partial charge in [0, 0.05) is 43.2 Å². The maximum Gasteiger partial charge on any atom is 0.250 e. The Morgan fingerprint density at radius 2 is 2.03 bits per heavy atom. The Hall–Kier alpha value is -2.12. The van der Waals surface area contributed by atoms with Gasteiger partial charge in [0.15, 0.2) is 0 Å². The summed E-state index contributed by atoms with van der Waals surface area (Å²) in [6, 6.07) is 10.7. The van der Waals surface area contributed by atoms with E-state index in [1.54, 1.807) is 34.6 Å². The summed E-state index contributed by atoms with van der Waals surface area (Å²) in [5.41, 5.74) is 1.98. The van der Waals surface area contributed by atoms with Crippen LogP contribution in [0.2, 0.25) is 0 Å². The van der Waals surface area contributed by atoms with Crippen LogP contribution in [0, 0.1) is 5.92 Å². The highest BCUT2D eigenvalue weighted by atomic mass is 32.2. The molecular formula is C22H26N2O4S. The molecule has 5 rings (SSSR count). The minimum absolute atomic E-state index is 0.0329. The second-order valence-electron chi connectivity index (χ2n) is 8.40. The Kier molecular flexibility index (Phi) is 4.55. The Morgan fingerprint density at radius 3 is 2.86 bits per heavy atom. The van der Waals surface area contributed by atoms with Gasteiger partial charge in [0.05, 0.1) is 11.5 Å². The van der Waals surface area contributed by atoms with Crippen molar-refractivity contribution in [3.05, 3.63) is 58.0 Å². The van der Waals surface area contributed by atoms with Gasteiger partial charge < -0.3 is 9.30 Å². The smallest absolute Gasteiger partial charge is 0.250 e. The van der Waals surface area contributed by atoms with Crippen LogP contribution in [0.5, 0.6) is 5.75 Å². The Bertz CT molecular complexity index is 1110. The molecule has 1 fully saturated rings. The standard InChI is InChI=1S/C22H26N2O4S/c1-2-4-19-16-11-17(20-5-3-6-22(25)24(19)20)14-23(13-16)29(26,27)18-7-8-21-15(12-18)9-10-28-21/h3,5-8,12,16-17,19H,2,4,9-11,13-14H2,1H3/t16-,17+,19-/m0/s1. The zero-order chi connectivity index (χ0) is 20.2. The number of hydrogen-bond donors (Lipinski definition) is 0. The van der Waals surface area contributed by atoms with Crippen molar-refractivity contribution in [2.24, 2.45) is 5.92 Å². The fourth-order valence-corrected chi connectivity index (χ4v) is 6.93. The van der Waals surface area contributed by atoms with Crippen LogP contribution in [0.1, 0.15) is 49.4 Å². The first-order chi connectivity index (χ1) is 14.0. The van der Waals surface area contributed by atoms with Crippen molar-refractivity contribution in [2.45, 2.75) is 49.5 Å². The molecule has 7 heteroatoms. The van der Waals surface area contributed by atoms with E-state index >= 15 is 0 Å². The van der Waals surface area contributed by atoms with Crippen molar-refractivity contribution in [3.63, 3.8) is 0 Å². The molecule has 3 aliphatic rings. The van der Waals surface area contributed by atoms with Gasteiger partial charge in [-0.15, -0.1) is 0 Å². The number of ether oxygens (including phenoxy) is 1. The molecule has 3 aliphatic heterocycles. The molecule has 0 aliphatic carbocycles. The molecule has 1 aromatic heterocycles. The fraction of sp³-hybridized carbons (Fsp3) is 0.500. The average molecular weight is 415 g/mol. The summed E-state index contributed by atoms with van der Waals surface area (Å²) in [6.07, 6.45) is 3.54. The maximum atomic E-state index is 13.5. The van der Waals surface area contributed by atoms with E-state index in [1.165, 1.54) is 0 Å². The lowest BCUT2D eigenvalue weighted by atomic mass is 9.78. The first kappa shape index (κ1) is 18.9. The number of aromatic nitrogens is 1. The summed E-state index contributed by atoms with van der Waals surface area (Å²) < 4.78 is 36.1. The molecule has 0 N–H and O–H groups in total. The summed E-state index contributed by atoms with van der Waals surface area (Å²) in [5.74, 6) is 1.01. The van der Waals surface area contributed by atoms with Crippen molar-refractivity contribution in [2.75, 3.05) is 19.7 Å². The van der Waals surface area contributed by atoms with E-state index in [4.69, 9.17) is 4.74 Å². The topological polar surface area (TPSA) is 68.6 Å². The third kappa shape index (κ3) is 3.02. The SMILES string of the molecule is CCC[C@H]1[C@H]2C[C@H](CN(S(=O)(=O)c3ccc4c(c3)CCO4)C2)c2cccc(=O)n21. The van der Waals surface area contributed by atoms with Gasteiger partial charge in [-0.3, -0.25) is 4.79 Å². The molecule has 1 saturated heterocycles. The second-order valence-corrected chi connectivity index (χ2v) is 10.3. The fourth-order valence-electron chi connectivity index (χ4n) is 5.33. The van der Waals surface area contributed by atoms with E-state index in [2.05, 4.69) is 6.92 Å². The summed E-state index contributed by atoms with van der Waals surface area (Å²) in [6.45, 7) is 3.62. The van der Waals surface area contributed by atoms with Gasteiger partial charge >= 0.3 is 0 Å². The summed E-state index contributed by atoms with van der Waals surface area (Å²) >= 11 is 0. The number of nitrogens with zero attached hydrogens (tertiary/aromatic N) is 2. The first-order valence-corrected chi connectivity index (χ1v) is 11.9. The van der Waals surface area contributed by atoms with Crippen LogP contribution < -0.4 is 10.3 Å². The molecule has 29 heavy (non-hydrogen) atoms. The highest BCUT2D eigenvalue weighted by Gasteiger charge is 2.43. The molecule has 4 heterocycles. The number of piperidine rings is 1. The number of benzene rings is 1. The first-order valence-electron chi connectivity index (χ1n) is 10.5. The van der Waals surface area contributed by atoms with Gasteiger partial charge in [-0.1, -0.05) is 19.4 Å². The number of sulfonamides is 1. The lowest BCUT2D eigenvalue weighted by Gasteiger charge is -2.46. The lowest BCUT2D eigenvalue weighted by molar-refractivity contribution is 0.136. The average Bonchev–Trinajstić information content (AvgIpc) is 3.19. The molecule has 2 aromatic rings. The third-order valence-corrected chi connectivity index (χ3v) is 8.48. The van der Waals surface area contributed by atoms with E-state index in [-0.39, 0.29) is 23.4 Å². The minimum atomic E-state index is -3.59. The van der Waals surface area contributed by atoms with Gasteiger partial charge in [-0.25, -0.2) is 8.42 Å². The highest BCUT2D eigenvalue weighted by Crippen LogP contribution is 2.44. The zero-order valence-corrected chi connectivity index (χ0v) is 17.4. The number of fused-ring (bicyclic) bond motifs is 5. The monoisotopic (exact) mass is 414 g/mol. The van der Waals surface area contributed by atoms with Gasteiger partial charge in [-0.2, -0.15) is 4.31 Å². The molecule has 0 saturated carbocycles. The lowest BCUT2D eigenvalue weighted by Crippen LogP contribution is -2.51. The van der Waals surface area contributed by atoms with Gasteiger partial charge in [-0.05, 0) is 48.6 Å². The number of pyridine rings is 1. The normalized spacial score (nSPS) is 25.9. The molecule has 6 nitrogen and oxygen atoms in total. The molecule has 1 aromatic carbocycles. The van der Waals surface area contributed by atoms with Crippen molar-refractivity contribution < 1.29 is 13.2 Å². The summed E-state index contributed by atoms with van der Waals surface area (Å²) in [4.78, 5) is 13.0. The van der Waals surface area contributed by atoms with Gasteiger partial charge in [0.25, 0.3) is 5.56 Å². The number of hydrogen-bond acceptors (Lipinski definition) is 4. The van der Waals surface area contributed by atoms with E-state index in [9.17, 15) is 13.2 Å². The van der Waals surface area contributed by atoms with Gasteiger partial charge in [0.1, 0.15) is 5.75 Å². The van der Waals surface area contributed by atoms with Crippen molar-refractivity contribution in [3.8, 4) is 5.75 Å². The predicted octanol–water partition coefficient (Wildman–Crippen LogP) is 2.93. The Labute approximate surface area is 171 Å². The van der Waals surface area contributed by atoms with Crippen LogP contribution in [0.15, 0.2) is 46.1 Å². The predicted molar refractivity (Wildman–Crippen MR) is 110 cm³/mol. The second kappa shape index (κ2) is 6.99. The molecule has 3 atom stereocenters. The van der Waals surface area contributed by atoms with E-state index in [1.807, 2.05) is 10.6 Å². The van der Waals surface area contributed by atoms with E-state index < -0.39 is 10.0 Å². The van der Waals surface area contributed by atoms with Crippen LogP contribution in [-0.2, 0) is 16.4 Å². The molecule has 0 radical (unpaired) electrons. The molecule has 0 amide bonds. The third-order valence-electron chi connectivity index (χ3n) is 6.65. The molecule has 0 spiro atoms. The van der Waals surface area contributed by atoms with Crippen LogP contribution in [-0.4, -0.2) is 37.0 Å². The van der Waals surface area contributed by atoms with Crippen LogP contribution in [0.4, 0.5) is 0 Å². The summed E-state index contributed by atoms with van der Waals surface area (Å²) in [7, 11) is -3.59. The molecular weight excluding hydrogens is 388 g/mol. The largest absolute Gasteiger partial charge is 0.493 e.